The van der Waals surface area contributed by atoms with Gasteiger partial charge in [-0.05, 0) is 38.0 Å². The Morgan fingerprint density at radius 1 is 1.19 bits per heavy atom. The van der Waals surface area contributed by atoms with Crippen LogP contribution >= 0.6 is 0 Å². The van der Waals surface area contributed by atoms with E-state index in [1.54, 1.807) is 23.2 Å². The molecule has 0 saturated heterocycles. The van der Waals surface area contributed by atoms with Crippen LogP contribution in [0, 0.1) is 0 Å². The molecule has 0 aliphatic carbocycles. The van der Waals surface area contributed by atoms with Crippen molar-refractivity contribution >= 4 is 17.1 Å². The number of hydrogen-bond donors (Lipinski definition) is 2. The van der Waals surface area contributed by atoms with Gasteiger partial charge in [-0.1, -0.05) is 6.07 Å². The Bertz CT molecular complexity index is 712. The molecule has 0 aliphatic rings. The molecule has 0 aliphatic heterocycles. The van der Waals surface area contributed by atoms with Gasteiger partial charge < -0.3 is 10.6 Å². The fourth-order valence-corrected chi connectivity index (χ4v) is 2.34. The Balaban J connectivity index is 2.05. The van der Waals surface area contributed by atoms with Gasteiger partial charge >= 0.3 is 11.7 Å². The minimum atomic E-state index is -0.154. The first-order chi connectivity index (χ1) is 9.90. The van der Waals surface area contributed by atoms with Gasteiger partial charge in [0.25, 0.3) is 0 Å². The summed E-state index contributed by atoms with van der Waals surface area (Å²) in [4.78, 5) is 23.4. The molecule has 0 unspecified atom stereocenters. The van der Waals surface area contributed by atoms with Crippen molar-refractivity contribution in [1.29, 1.82) is 0 Å². The van der Waals surface area contributed by atoms with E-state index in [1.165, 1.54) is 0 Å². The first kappa shape index (κ1) is 15.2. The van der Waals surface area contributed by atoms with E-state index in [2.05, 4.69) is 10.6 Å². The predicted octanol–water partition coefficient (Wildman–Crippen LogP) is 1.13. The fourth-order valence-electron chi connectivity index (χ4n) is 2.34. The number of hydrogen-bond acceptors (Lipinski definition) is 2. The zero-order valence-electron chi connectivity index (χ0n) is 12.9. The largest absolute Gasteiger partial charge is 0.338 e. The van der Waals surface area contributed by atoms with Gasteiger partial charge in [0.05, 0.1) is 11.0 Å². The predicted molar refractivity (Wildman–Crippen MR) is 83.5 cm³/mol. The molecule has 0 spiro atoms. The average molecular weight is 290 g/mol. The zero-order chi connectivity index (χ0) is 15.6. The Hall–Kier alpha value is -2.24. The van der Waals surface area contributed by atoms with Crippen molar-refractivity contribution in [2.45, 2.75) is 26.3 Å². The van der Waals surface area contributed by atoms with Crippen LogP contribution in [0.4, 0.5) is 4.79 Å². The standard InChI is InChI=1S/C15H22N4O2/c1-10(2)17-14(20)16-8-7-11-5-6-12-13(9-11)19(4)15(21)18(12)3/h5-6,9-10H,7-8H2,1-4H3,(H2,16,17,20). The van der Waals surface area contributed by atoms with E-state index in [0.29, 0.717) is 6.54 Å². The molecule has 0 radical (unpaired) electrons. The van der Waals surface area contributed by atoms with E-state index in [9.17, 15) is 9.59 Å². The minimum Gasteiger partial charge on any atom is -0.338 e. The first-order valence-corrected chi connectivity index (χ1v) is 7.09. The molecule has 1 aromatic carbocycles. The summed E-state index contributed by atoms with van der Waals surface area (Å²) in [5, 5.41) is 5.60. The van der Waals surface area contributed by atoms with Gasteiger partial charge in [-0.2, -0.15) is 0 Å². The third-order valence-electron chi connectivity index (χ3n) is 3.46. The van der Waals surface area contributed by atoms with Crippen molar-refractivity contribution in [2.24, 2.45) is 14.1 Å². The van der Waals surface area contributed by atoms with E-state index >= 15 is 0 Å². The van der Waals surface area contributed by atoms with Crippen LogP contribution in [0.2, 0.25) is 0 Å². The van der Waals surface area contributed by atoms with Crippen LogP contribution in [-0.2, 0) is 20.5 Å². The van der Waals surface area contributed by atoms with Crippen LogP contribution in [0.5, 0.6) is 0 Å². The smallest absolute Gasteiger partial charge is 0.328 e. The lowest BCUT2D eigenvalue weighted by molar-refractivity contribution is 0.238. The Kier molecular flexibility index (Phi) is 4.35. The zero-order valence-corrected chi connectivity index (χ0v) is 12.9. The molecule has 0 atom stereocenters. The van der Waals surface area contributed by atoms with Crippen LogP contribution < -0.4 is 16.3 Å². The van der Waals surface area contributed by atoms with Crippen LogP contribution in [0.1, 0.15) is 19.4 Å². The van der Waals surface area contributed by atoms with Gasteiger partial charge in [-0.3, -0.25) is 9.13 Å². The number of carbonyl (C=O) groups is 1. The Morgan fingerprint density at radius 2 is 1.86 bits per heavy atom. The number of benzene rings is 1. The van der Waals surface area contributed by atoms with Crippen molar-refractivity contribution in [3.8, 4) is 0 Å². The molecule has 0 saturated carbocycles. The average Bonchev–Trinajstić information content (AvgIpc) is 2.63. The van der Waals surface area contributed by atoms with Gasteiger partial charge in [0.2, 0.25) is 0 Å². The lowest BCUT2D eigenvalue weighted by atomic mass is 10.1. The van der Waals surface area contributed by atoms with E-state index < -0.39 is 0 Å². The number of fused-ring (bicyclic) bond motifs is 1. The third-order valence-corrected chi connectivity index (χ3v) is 3.46. The molecule has 21 heavy (non-hydrogen) atoms. The number of imidazole rings is 1. The first-order valence-electron chi connectivity index (χ1n) is 7.09. The Morgan fingerprint density at radius 3 is 2.52 bits per heavy atom. The quantitative estimate of drug-likeness (QED) is 0.886. The highest BCUT2D eigenvalue weighted by Crippen LogP contribution is 2.14. The van der Waals surface area contributed by atoms with Crippen LogP contribution in [0.25, 0.3) is 11.0 Å². The summed E-state index contributed by atoms with van der Waals surface area (Å²) in [5.41, 5.74) is 2.88. The fraction of sp³-hybridized carbons (Fsp3) is 0.467. The second-order valence-electron chi connectivity index (χ2n) is 5.53. The van der Waals surface area contributed by atoms with Crippen LogP contribution in [0.3, 0.4) is 0 Å². The van der Waals surface area contributed by atoms with Crippen LogP contribution in [-0.4, -0.2) is 27.8 Å². The molecule has 6 heteroatoms. The monoisotopic (exact) mass is 290 g/mol. The summed E-state index contributed by atoms with van der Waals surface area (Å²) < 4.78 is 3.27. The van der Waals surface area contributed by atoms with Crippen molar-refractivity contribution in [1.82, 2.24) is 19.8 Å². The summed E-state index contributed by atoms with van der Waals surface area (Å²) in [6.45, 7) is 4.40. The topological polar surface area (TPSA) is 68.1 Å². The van der Waals surface area contributed by atoms with Crippen molar-refractivity contribution in [3.63, 3.8) is 0 Å². The number of aromatic nitrogens is 2. The lowest BCUT2D eigenvalue weighted by Crippen LogP contribution is -2.40. The molecule has 0 fully saturated rings. The summed E-state index contributed by atoms with van der Waals surface area (Å²) in [5.74, 6) is 0. The summed E-state index contributed by atoms with van der Waals surface area (Å²) in [7, 11) is 3.53. The Labute approximate surface area is 123 Å². The molecule has 1 aromatic heterocycles. The SMILES string of the molecule is CC(C)NC(=O)NCCc1ccc2c(c1)n(C)c(=O)n2C. The lowest BCUT2D eigenvalue weighted by Gasteiger charge is -2.10. The highest BCUT2D eigenvalue weighted by atomic mass is 16.2. The number of nitrogens with zero attached hydrogens (tertiary/aromatic N) is 2. The highest BCUT2D eigenvalue weighted by molar-refractivity contribution is 5.77. The number of aryl methyl sites for hydroxylation is 2. The van der Waals surface area contributed by atoms with E-state index in [0.717, 1.165) is 23.0 Å². The maximum absolute atomic E-state index is 11.9. The van der Waals surface area contributed by atoms with Gasteiger partial charge in [0.1, 0.15) is 0 Å². The number of carbonyl (C=O) groups excluding carboxylic acids is 1. The minimum absolute atomic E-state index is 0.0309. The van der Waals surface area contributed by atoms with Crippen LogP contribution in [0.15, 0.2) is 23.0 Å². The molecule has 1 heterocycles. The molecular formula is C15H22N4O2. The summed E-state index contributed by atoms with van der Waals surface area (Å²) >= 11 is 0. The highest BCUT2D eigenvalue weighted by Gasteiger charge is 2.08. The number of amides is 2. The molecule has 6 nitrogen and oxygen atoms in total. The van der Waals surface area contributed by atoms with Crippen molar-refractivity contribution < 1.29 is 4.79 Å². The molecule has 114 valence electrons. The van der Waals surface area contributed by atoms with Gasteiger partial charge in [-0.25, -0.2) is 9.59 Å². The molecule has 2 N–H and O–H groups in total. The second kappa shape index (κ2) is 6.03. The molecule has 2 amide bonds. The van der Waals surface area contributed by atoms with E-state index in [4.69, 9.17) is 0 Å². The van der Waals surface area contributed by atoms with Gasteiger partial charge in [0, 0.05) is 26.7 Å². The van der Waals surface area contributed by atoms with Gasteiger partial charge in [0.15, 0.2) is 0 Å². The third kappa shape index (κ3) is 3.26. The summed E-state index contributed by atoms with van der Waals surface area (Å²) in [6, 6.07) is 5.90. The van der Waals surface area contributed by atoms with Crippen molar-refractivity contribution in [2.75, 3.05) is 6.54 Å². The summed E-state index contributed by atoms with van der Waals surface area (Å²) in [6.07, 6.45) is 0.727. The van der Waals surface area contributed by atoms with Gasteiger partial charge in [-0.15, -0.1) is 0 Å². The second-order valence-corrected chi connectivity index (χ2v) is 5.53. The number of urea groups is 1. The normalized spacial score (nSPS) is 11.1. The molecule has 0 bridgehead atoms. The molecule has 2 rings (SSSR count). The maximum atomic E-state index is 11.9. The number of nitrogens with one attached hydrogen (secondary N) is 2. The molecule has 2 aromatic rings. The van der Waals surface area contributed by atoms with E-state index in [1.807, 2.05) is 32.0 Å². The van der Waals surface area contributed by atoms with E-state index in [-0.39, 0.29) is 17.8 Å². The number of rotatable bonds is 4. The maximum Gasteiger partial charge on any atom is 0.328 e. The van der Waals surface area contributed by atoms with Crippen molar-refractivity contribution in [3.05, 3.63) is 34.2 Å². The molecular weight excluding hydrogens is 268 g/mol.